The van der Waals surface area contributed by atoms with E-state index in [1.165, 1.54) is 37.4 Å². The van der Waals surface area contributed by atoms with E-state index in [1.807, 2.05) is 24.3 Å². The number of aliphatic hydroxyl groups is 1. The molecule has 2 atom stereocenters. The number of aliphatic imine (C=N–C) groups is 1. The number of halogens is 4. The summed E-state index contributed by atoms with van der Waals surface area (Å²) < 4.78 is 86.0. The molecule has 0 aliphatic carbocycles. The van der Waals surface area contributed by atoms with Crippen molar-refractivity contribution in [3.05, 3.63) is 101 Å². The molecule has 51 heavy (non-hydrogen) atoms. The summed E-state index contributed by atoms with van der Waals surface area (Å²) in [6.07, 6.45) is -2.55. The van der Waals surface area contributed by atoms with Gasteiger partial charge in [0, 0.05) is 22.9 Å². The number of amides is 1. The quantitative estimate of drug-likeness (QED) is 0.126. The second kappa shape index (κ2) is 14.6. The minimum Gasteiger partial charge on any atom is -0.497 e. The Morgan fingerprint density at radius 1 is 0.980 bits per heavy atom. The van der Waals surface area contributed by atoms with E-state index in [2.05, 4.69) is 15.3 Å². The summed E-state index contributed by atoms with van der Waals surface area (Å²) in [5.74, 6) is -0.0731. The number of alkyl halides is 3. The number of nitrogens with one attached hydrogen (secondary N) is 1. The summed E-state index contributed by atoms with van der Waals surface area (Å²) in [5, 5.41) is 13.6. The number of nitrogens with zero attached hydrogens (tertiary/aromatic N) is 2. The fourth-order valence-electron chi connectivity index (χ4n) is 5.93. The summed E-state index contributed by atoms with van der Waals surface area (Å²) in [4.78, 5) is 21.9. The first-order valence-corrected chi connectivity index (χ1v) is 16.0. The number of carbonyl (C=O) groups excluding carboxylic acids is 1. The normalized spacial score (nSPS) is 17.5. The highest BCUT2D eigenvalue weighted by Gasteiger charge is 2.57. The third kappa shape index (κ3) is 7.33. The van der Waals surface area contributed by atoms with E-state index in [0.717, 1.165) is 29.5 Å². The zero-order chi connectivity index (χ0) is 36.2. The van der Waals surface area contributed by atoms with Crippen LogP contribution in [0.4, 0.5) is 17.6 Å². The number of pyridine rings is 1. The van der Waals surface area contributed by atoms with Crippen molar-refractivity contribution in [3.8, 4) is 34.3 Å². The third-order valence-electron chi connectivity index (χ3n) is 8.81. The van der Waals surface area contributed by atoms with Gasteiger partial charge in [0.25, 0.3) is 5.91 Å². The molecule has 1 spiro atoms. The van der Waals surface area contributed by atoms with Crippen LogP contribution in [0.3, 0.4) is 0 Å². The third-order valence-corrected chi connectivity index (χ3v) is 8.81. The van der Waals surface area contributed by atoms with E-state index in [1.54, 1.807) is 13.3 Å². The van der Waals surface area contributed by atoms with Crippen LogP contribution in [0.2, 0.25) is 0 Å². The lowest BCUT2D eigenvalue weighted by molar-refractivity contribution is -0.265. The maximum absolute atomic E-state index is 14.8. The second-order valence-electron chi connectivity index (χ2n) is 12.1. The highest BCUT2D eigenvalue weighted by atomic mass is 19.4. The van der Waals surface area contributed by atoms with Crippen LogP contribution in [-0.2, 0) is 22.5 Å². The van der Waals surface area contributed by atoms with Gasteiger partial charge in [0.1, 0.15) is 36.0 Å². The van der Waals surface area contributed by atoms with Crippen LogP contribution >= 0.6 is 0 Å². The van der Waals surface area contributed by atoms with Crippen LogP contribution in [-0.4, -0.2) is 69.0 Å². The molecule has 10 nitrogen and oxygen atoms in total. The van der Waals surface area contributed by atoms with Gasteiger partial charge in [0.15, 0.2) is 17.2 Å². The van der Waals surface area contributed by atoms with E-state index in [4.69, 9.17) is 23.7 Å². The van der Waals surface area contributed by atoms with Crippen molar-refractivity contribution in [2.45, 2.75) is 36.8 Å². The molecule has 2 aliphatic rings. The molecular weight excluding hydrogens is 674 g/mol. The highest BCUT2D eigenvalue weighted by molar-refractivity contribution is 5.95. The van der Waals surface area contributed by atoms with Gasteiger partial charge in [0.05, 0.1) is 39.7 Å². The first-order chi connectivity index (χ1) is 24.5. The van der Waals surface area contributed by atoms with Crippen molar-refractivity contribution >= 4 is 12.1 Å². The van der Waals surface area contributed by atoms with Crippen molar-refractivity contribution < 1.29 is 51.1 Å². The second-order valence-corrected chi connectivity index (χ2v) is 12.1. The predicted molar refractivity (Wildman–Crippen MR) is 178 cm³/mol. The smallest absolute Gasteiger partial charge is 0.424 e. The molecule has 0 fully saturated rings. The molecule has 3 aromatic carbocycles. The van der Waals surface area contributed by atoms with Crippen molar-refractivity contribution in [2.24, 2.45) is 4.99 Å². The summed E-state index contributed by atoms with van der Waals surface area (Å²) >= 11 is 0. The lowest BCUT2D eigenvalue weighted by atomic mass is 9.86. The number of hydrogen-bond acceptors (Lipinski definition) is 9. The number of aromatic nitrogens is 1. The van der Waals surface area contributed by atoms with Crippen molar-refractivity contribution in [1.29, 1.82) is 0 Å². The van der Waals surface area contributed by atoms with Gasteiger partial charge >= 0.3 is 6.18 Å². The molecule has 0 saturated heterocycles. The standard InChI is InChI=1S/C37H35F4N3O7/c1-47-27-11-4-23(5-12-27)20-49-16-17-50-29-13-8-25(18-30(29)48-2)34(45)42-21-36(46,37(39,40)41)31-19-28-33(51-22-35(28)14-3-15-43-35)32(44-31)24-6-9-26(38)10-7-24/h4-13,15,18-19,46H,3,14,16-17,20-22H2,1-2H3,(H,42,45). The summed E-state index contributed by atoms with van der Waals surface area (Å²) in [6, 6.07) is 17.7. The van der Waals surface area contributed by atoms with E-state index >= 15 is 0 Å². The van der Waals surface area contributed by atoms with Gasteiger partial charge in [-0.3, -0.25) is 9.79 Å². The molecule has 0 radical (unpaired) electrons. The van der Waals surface area contributed by atoms with Gasteiger partial charge in [-0.1, -0.05) is 12.1 Å². The van der Waals surface area contributed by atoms with Crippen LogP contribution < -0.4 is 24.3 Å². The minimum atomic E-state index is -5.28. The van der Waals surface area contributed by atoms with E-state index in [9.17, 15) is 27.5 Å². The Labute approximate surface area is 291 Å². The Hall–Kier alpha value is -5.21. The predicted octanol–water partition coefficient (Wildman–Crippen LogP) is 6.13. The van der Waals surface area contributed by atoms with Gasteiger partial charge in [-0.05, 0) is 79.1 Å². The van der Waals surface area contributed by atoms with Crippen LogP contribution in [0.25, 0.3) is 11.3 Å². The minimum absolute atomic E-state index is 0.0121. The topological polar surface area (TPSA) is 121 Å². The molecular formula is C37H35F4N3O7. The van der Waals surface area contributed by atoms with Crippen molar-refractivity contribution in [3.63, 3.8) is 0 Å². The van der Waals surface area contributed by atoms with Gasteiger partial charge in [-0.25, -0.2) is 9.37 Å². The molecule has 2 aliphatic heterocycles. The molecule has 0 saturated carbocycles. The number of ether oxygens (including phenoxy) is 5. The molecule has 3 heterocycles. The van der Waals surface area contributed by atoms with Crippen LogP contribution in [0.5, 0.6) is 23.0 Å². The monoisotopic (exact) mass is 709 g/mol. The van der Waals surface area contributed by atoms with E-state index in [-0.39, 0.29) is 53.9 Å². The maximum Gasteiger partial charge on any atom is 0.424 e. The largest absolute Gasteiger partial charge is 0.497 e. The van der Waals surface area contributed by atoms with Crippen molar-refractivity contribution in [2.75, 3.05) is 40.6 Å². The Kier molecular flexibility index (Phi) is 10.2. The average Bonchev–Trinajstić information content (AvgIpc) is 3.77. The number of fused-ring (bicyclic) bond motifs is 2. The molecule has 1 amide bonds. The zero-order valence-corrected chi connectivity index (χ0v) is 27.8. The summed E-state index contributed by atoms with van der Waals surface area (Å²) in [5.41, 5.74) is -3.86. The maximum atomic E-state index is 14.8. The molecule has 2 unspecified atom stereocenters. The Morgan fingerprint density at radius 3 is 2.41 bits per heavy atom. The fourth-order valence-corrected chi connectivity index (χ4v) is 5.93. The highest BCUT2D eigenvalue weighted by Crippen LogP contribution is 2.51. The van der Waals surface area contributed by atoms with Crippen LogP contribution in [0.15, 0.2) is 77.8 Å². The molecule has 268 valence electrons. The lowest BCUT2D eigenvalue weighted by Crippen LogP contribution is -2.51. The van der Waals surface area contributed by atoms with Crippen LogP contribution in [0, 0.1) is 5.82 Å². The zero-order valence-electron chi connectivity index (χ0n) is 27.8. The molecule has 4 aromatic rings. The first-order valence-electron chi connectivity index (χ1n) is 16.0. The molecule has 0 bridgehead atoms. The Bertz CT molecular complexity index is 1900. The molecule has 14 heteroatoms. The number of carbonyl (C=O) groups is 1. The Balaban J connectivity index is 1.18. The van der Waals surface area contributed by atoms with Gasteiger partial charge in [-0.15, -0.1) is 0 Å². The number of rotatable bonds is 13. The number of methoxy groups -OCH3 is 2. The van der Waals surface area contributed by atoms with Gasteiger partial charge in [0.2, 0.25) is 5.60 Å². The SMILES string of the molecule is COc1ccc(COCCOc2ccc(C(=O)NCC(O)(c3cc4c(c(-c5ccc(F)cc5)n3)OCC43CCC=N3)C(F)(F)F)cc2OC)cc1. The molecule has 2 N–H and O–H groups in total. The van der Waals surface area contributed by atoms with E-state index < -0.39 is 41.3 Å². The van der Waals surface area contributed by atoms with E-state index in [0.29, 0.717) is 25.0 Å². The summed E-state index contributed by atoms with van der Waals surface area (Å²) in [6.45, 7) is -0.454. The Morgan fingerprint density at radius 2 is 1.75 bits per heavy atom. The molecule has 6 rings (SSSR count). The fraction of sp³-hybridized carbons (Fsp3) is 0.324. The number of benzene rings is 3. The van der Waals surface area contributed by atoms with Crippen molar-refractivity contribution in [1.82, 2.24) is 10.3 Å². The first kappa shape index (κ1) is 35.6. The summed E-state index contributed by atoms with van der Waals surface area (Å²) in [7, 11) is 2.94. The van der Waals surface area contributed by atoms with Crippen LogP contribution in [0.1, 0.15) is 40.0 Å². The lowest BCUT2D eigenvalue weighted by Gasteiger charge is -2.31. The van der Waals surface area contributed by atoms with Gasteiger partial charge < -0.3 is 34.1 Å². The number of hydrogen-bond donors (Lipinski definition) is 2. The van der Waals surface area contributed by atoms with Gasteiger partial charge in [-0.2, -0.15) is 13.2 Å². The molecule has 1 aromatic heterocycles. The average molecular weight is 710 g/mol.